The van der Waals surface area contributed by atoms with Gasteiger partial charge in [0.05, 0.1) is 13.7 Å². The van der Waals surface area contributed by atoms with Gasteiger partial charge in [-0.25, -0.2) is 0 Å². The molecule has 0 aliphatic rings. The van der Waals surface area contributed by atoms with Crippen LogP contribution in [-0.2, 0) is 35.3 Å². The minimum absolute atomic E-state index is 0.216. The Hall–Kier alpha value is -2.00. The third-order valence-corrected chi connectivity index (χ3v) is 4.35. The van der Waals surface area contributed by atoms with Gasteiger partial charge in [0.25, 0.3) is 0 Å². The summed E-state index contributed by atoms with van der Waals surface area (Å²) in [6, 6.07) is 0. The van der Waals surface area contributed by atoms with Crippen LogP contribution in [0.3, 0.4) is 0 Å². The van der Waals surface area contributed by atoms with E-state index >= 15 is 0 Å². The van der Waals surface area contributed by atoms with Crippen LogP contribution in [0.1, 0.15) is 53.6 Å². The second-order valence-electron chi connectivity index (χ2n) is 5.34. The number of hydrogen-bond donors (Lipinski definition) is 0. The molecule has 1 aromatic carbocycles. The lowest BCUT2D eigenvalue weighted by Crippen LogP contribution is -2.11. The molecule has 0 spiro atoms. The van der Waals surface area contributed by atoms with Crippen molar-refractivity contribution in [3.8, 4) is 0 Å². The van der Waals surface area contributed by atoms with Gasteiger partial charge in [-0.2, -0.15) is 0 Å². The fourth-order valence-electron chi connectivity index (χ4n) is 3.24. The van der Waals surface area contributed by atoms with Crippen molar-refractivity contribution >= 4 is 5.97 Å². The Kier molecular flexibility index (Phi) is 6.93. The summed E-state index contributed by atoms with van der Waals surface area (Å²) >= 11 is 0. The topological polar surface area (TPSA) is 75.1 Å². The van der Waals surface area contributed by atoms with E-state index in [4.69, 9.17) is 10.3 Å². The molecular formula is C17H25N3O2. The van der Waals surface area contributed by atoms with Crippen LogP contribution in [0.25, 0.3) is 10.4 Å². The monoisotopic (exact) mass is 303 g/mol. The SMILES string of the molecule is CCc1c(C)c(CC)c(CCC(=O)OC)c(CN=[N+]=[N-])c1C. The minimum atomic E-state index is -0.216. The van der Waals surface area contributed by atoms with Gasteiger partial charge in [-0.3, -0.25) is 4.79 Å². The van der Waals surface area contributed by atoms with Crippen molar-refractivity contribution in [2.75, 3.05) is 7.11 Å². The Morgan fingerprint density at radius 1 is 1.09 bits per heavy atom. The van der Waals surface area contributed by atoms with E-state index in [-0.39, 0.29) is 5.97 Å². The Labute approximate surface area is 132 Å². The van der Waals surface area contributed by atoms with Gasteiger partial charge < -0.3 is 4.74 Å². The molecule has 0 saturated carbocycles. The van der Waals surface area contributed by atoms with Crippen LogP contribution >= 0.6 is 0 Å². The van der Waals surface area contributed by atoms with Gasteiger partial charge in [-0.1, -0.05) is 19.0 Å². The van der Waals surface area contributed by atoms with Gasteiger partial charge in [0, 0.05) is 11.3 Å². The van der Waals surface area contributed by atoms with Gasteiger partial charge in [-0.15, -0.1) is 0 Å². The van der Waals surface area contributed by atoms with Gasteiger partial charge in [0.1, 0.15) is 0 Å². The first kappa shape index (κ1) is 18.1. The summed E-state index contributed by atoms with van der Waals surface area (Å²) in [5, 5.41) is 3.76. The van der Waals surface area contributed by atoms with Crippen LogP contribution in [0.2, 0.25) is 0 Å². The van der Waals surface area contributed by atoms with Gasteiger partial charge in [-0.05, 0) is 72.0 Å². The normalized spacial score (nSPS) is 10.2. The van der Waals surface area contributed by atoms with E-state index < -0.39 is 0 Å². The van der Waals surface area contributed by atoms with Crippen LogP contribution in [-0.4, -0.2) is 13.1 Å². The third-order valence-electron chi connectivity index (χ3n) is 4.35. The third kappa shape index (κ3) is 3.80. The smallest absolute Gasteiger partial charge is 0.305 e. The van der Waals surface area contributed by atoms with E-state index in [1.807, 2.05) is 0 Å². The molecule has 0 bridgehead atoms. The predicted octanol–water partition coefficient (Wildman–Crippen LogP) is 4.34. The van der Waals surface area contributed by atoms with Crippen LogP contribution in [0.5, 0.6) is 0 Å². The molecule has 0 radical (unpaired) electrons. The molecule has 0 aromatic heterocycles. The lowest BCUT2D eigenvalue weighted by molar-refractivity contribution is -0.140. The second kappa shape index (κ2) is 8.44. The number of hydrogen-bond acceptors (Lipinski definition) is 3. The van der Waals surface area contributed by atoms with Gasteiger partial charge >= 0.3 is 5.97 Å². The lowest BCUT2D eigenvalue weighted by Gasteiger charge is -2.22. The maximum atomic E-state index is 11.5. The quantitative estimate of drug-likeness (QED) is 0.325. The van der Waals surface area contributed by atoms with E-state index in [1.165, 1.54) is 29.4 Å². The largest absolute Gasteiger partial charge is 0.469 e. The van der Waals surface area contributed by atoms with Crippen molar-refractivity contribution in [1.82, 2.24) is 0 Å². The van der Waals surface area contributed by atoms with Crippen molar-refractivity contribution in [1.29, 1.82) is 0 Å². The highest BCUT2D eigenvalue weighted by atomic mass is 16.5. The zero-order chi connectivity index (χ0) is 16.7. The molecule has 5 nitrogen and oxygen atoms in total. The van der Waals surface area contributed by atoms with Crippen LogP contribution in [0, 0.1) is 13.8 Å². The van der Waals surface area contributed by atoms with Crippen LogP contribution < -0.4 is 0 Å². The summed E-state index contributed by atoms with van der Waals surface area (Å²) in [7, 11) is 1.40. The van der Waals surface area contributed by atoms with Crippen molar-refractivity contribution in [2.24, 2.45) is 5.11 Å². The molecule has 0 aliphatic carbocycles. The Balaban J connectivity index is 3.46. The van der Waals surface area contributed by atoms with Crippen molar-refractivity contribution in [3.05, 3.63) is 43.8 Å². The second-order valence-corrected chi connectivity index (χ2v) is 5.34. The first-order valence-corrected chi connectivity index (χ1v) is 7.71. The van der Waals surface area contributed by atoms with Gasteiger partial charge in [0.15, 0.2) is 0 Å². The summed E-state index contributed by atoms with van der Waals surface area (Å²) in [4.78, 5) is 14.4. The molecule has 0 atom stereocenters. The van der Waals surface area contributed by atoms with Gasteiger partial charge in [0.2, 0.25) is 0 Å². The highest BCUT2D eigenvalue weighted by Crippen LogP contribution is 2.30. The summed E-state index contributed by atoms with van der Waals surface area (Å²) in [6.45, 7) is 8.81. The number of carbonyl (C=O) groups excluding carboxylic acids is 1. The lowest BCUT2D eigenvalue weighted by atomic mass is 9.84. The first-order chi connectivity index (χ1) is 10.5. The average Bonchev–Trinajstić information content (AvgIpc) is 2.52. The highest BCUT2D eigenvalue weighted by Gasteiger charge is 2.18. The summed E-state index contributed by atoms with van der Waals surface area (Å²) < 4.78 is 4.75. The molecule has 1 rings (SSSR count). The number of rotatable bonds is 7. The zero-order valence-electron chi connectivity index (χ0n) is 14.2. The average molecular weight is 303 g/mol. The van der Waals surface area contributed by atoms with Crippen molar-refractivity contribution in [2.45, 2.75) is 59.9 Å². The minimum Gasteiger partial charge on any atom is -0.469 e. The summed E-state index contributed by atoms with van der Waals surface area (Å²) in [6.07, 6.45) is 2.82. The number of benzene rings is 1. The zero-order valence-corrected chi connectivity index (χ0v) is 14.2. The van der Waals surface area contributed by atoms with Crippen LogP contribution in [0.15, 0.2) is 5.11 Å². The molecule has 0 unspecified atom stereocenters. The number of esters is 1. The molecule has 5 heteroatoms. The fourth-order valence-corrected chi connectivity index (χ4v) is 3.24. The predicted molar refractivity (Wildman–Crippen MR) is 87.9 cm³/mol. The molecule has 22 heavy (non-hydrogen) atoms. The summed E-state index contributed by atoms with van der Waals surface area (Å²) in [5.41, 5.74) is 16.0. The summed E-state index contributed by atoms with van der Waals surface area (Å²) in [5.74, 6) is -0.216. The maximum absolute atomic E-state index is 11.5. The standard InChI is InChI=1S/C17H25N3O2/c1-6-13-11(3)14(7-2)15(8-9-17(21)22-5)16(12(13)4)10-19-20-18/h6-10H2,1-5H3. The van der Waals surface area contributed by atoms with E-state index in [0.29, 0.717) is 19.4 Å². The van der Waals surface area contributed by atoms with Crippen molar-refractivity contribution in [3.63, 3.8) is 0 Å². The number of ether oxygens (including phenoxy) is 1. The fraction of sp³-hybridized carbons (Fsp3) is 0.588. The first-order valence-electron chi connectivity index (χ1n) is 7.71. The number of methoxy groups -OCH3 is 1. The van der Waals surface area contributed by atoms with E-state index in [0.717, 1.165) is 24.0 Å². The van der Waals surface area contributed by atoms with Crippen LogP contribution in [0.4, 0.5) is 0 Å². The molecule has 0 heterocycles. The molecule has 0 amide bonds. The van der Waals surface area contributed by atoms with E-state index in [1.54, 1.807) is 0 Å². The molecule has 1 aromatic rings. The molecular weight excluding hydrogens is 278 g/mol. The Morgan fingerprint density at radius 2 is 1.68 bits per heavy atom. The Bertz CT molecular complexity index is 603. The van der Waals surface area contributed by atoms with Crippen molar-refractivity contribution < 1.29 is 9.53 Å². The molecule has 0 aliphatic heterocycles. The molecule has 120 valence electrons. The Morgan fingerprint density at radius 3 is 2.18 bits per heavy atom. The molecule has 0 N–H and O–H groups in total. The molecule has 0 saturated heterocycles. The highest BCUT2D eigenvalue weighted by molar-refractivity contribution is 5.70. The van der Waals surface area contributed by atoms with E-state index in [2.05, 4.69) is 37.7 Å². The maximum Gasteiger partial charge on any atom is 0.305 e. The van der Waals surface area contributed by atoms with E-state index in [9.17, 15) is 4.79 Å². The number of azide groups is 1. The molecule has 0 fully saturated rings. The number of carbonyl (C=O) groups is 1. The number of nitrogens with zero attached hydrogens (tertiary/aromatic N) is 3.